The Bertz CT molecular complexity index is 660. The number of aryl methyl sites for hydroxylation is 2. The third-order valence-corrected chi connectivity index (χ3v) is 5.66. The van der Waals surface area contributed by atoms with Crippen molar-refractivity contribution in [2.45, 2.75) is 57.8 Å². The van der Waals surface area contributed by atoms with Crippen LogP contribution in [0.1, 0.15) is 61.6 Å². The monoisotopic (exact) mass is 345 g/mol. The fraction of sp³-hybridized carbons (Fsp3) is 0.476. The van der Waals surface area contributed by atoms with Crippen LogP contribution in [0.15, 0.2) is 36.4 Å². The van der Waals surface area contributed by atoms with E-state index in [1.165, 1.54) is 43.2 Å². The summed E-state index contributed by atoms with van der Waals surface area (Å²) in [6.45, 7) is 2.30. The summed E-state index contributed by atoms with van der Waals surface area (Å²) in [7, 11) is 0. The molecule has 0 bridgehead atoms. The first-order chi connectivity index (χ1) is 11.7. The molecule has 24 heavy (non-hydrogen) atoms. The van der Waals surface area contributed by atoms with Gasteiger partial charge in [0.25, 0.3) is 0 Å². The molecule has 1 aliphatic rings. The number of hydrogen-bond donors (Lipinski definition) is 0. The minimum Gasteiger partial charge on any atom is -0.208 e. The standard InChI is InChI=1S/C21H25ClFN/c1-2-15-3-8-17(9-4-15)18-10-5-16(6-11-18)7-12-19-13-14-20(22)24-21(19)23/h5-6,10-11,13-15,17H,2-4,7-9,12H2,1H3/t15-,17-. The van der Waals surface area contributed by atoms with Gasteiger partial charge in [-0.3, -0.25) is 0 Å². The second kappa shape index (κ2) is 8.11. The summed E-state index contributed by atoms with van der Waals surface area (Å²) in [5.74, 6) is 1.20. The summed E-state index contributed by atoms with van der Waals surface area (Å²) in [6, 6.07) is 12.3. The highest BCUT2D eigenvalue weighted by Gasteiger charge is 2.21. The van der Waals surface area contributed by atoms with Crippen LogP contribution >= 0.6 is 11.6 Å². The van der Waals surface area contributed by atoms with Crippen molar-refractivity contribution in [2.75, 3.05) is 0 Å². The maximum atomic E-state index is 13.7. The molecule has 1 fully saturated rings. The number of rotatable bonds is 5. The van der Waals surface area contributed by atoms with Crippen LogP contribution in [0, 0.1) is 11.9 Å². The van der Waals surface area contributed by atoms with Crippen molar-refractivity contribution < 1.29 is 4.39 Å². The summed E-state index contributed by atoms with van der Waals surface area (Å²) in [5.41, 5.74) is 3.34. The molecule has 1 aromatic heterocycles. The second-order valence-corrected chi connectivity index (χ2v) is 7.34. The normalized spacial score (nSPS) is 21.0. The molecule has 0 atom stereocenters. The molecule has 0 aliphatic heterocycles. The quantitative estimate of drug-likeness (QED) is 0.576. The molecule has 3 heteroatoms. The first-order valence-electron chi connectivity index (χ1n) is 9.05. The summed E-state index contributed by atoms with van der Waals surface area (Å²) in [5, 5.41) is 0.207. The molecule has 1 heterocycles. The van der Waals surface area contributed by atoms with E-state index in [0.29, 0.717) is 12.0 Å². The third kappa shape index (κ3) is 4.36. The van der Waals surface area contributed by atoms with E-state index in [1.807, 2.05) is 0 Å². The molecule has 0 spiro atoms. The Labute approximate surface area is 149 Å². The van der Waals surface area contributed by atoms with Gasteiger partial charge in [-0.15, -0.1) is 0 Å². The van der Waals surface area contributed by atoms with Crippen LogP contribution in [0.3, 0.4) is 0 Å². The molecule has 1 saturated carbocycles. The van der Waals surface area contributed by atoms with Crippen LogP contribution in [0.5, 0.6) is 0 Å². The number of halogens is 2. The molecule has 0 radical (unpaired) electrons. The van der Waals surface area contributed by atoms with Gasteiger partial charge in [0, 0.05) is 5.56 Å². The molecule has 0 amide bonds. The van der Waals surface area contributed by atoms with E-state index in [4.69, 9.17) is 11.6 Å². The Kier molecular flexibility index (Phi) is 5.89. The van der Waals surface area contributed by atoms with Gasteiger partial charge >= 0.3 is 0 Å². The molecule has 128 valence electrons. The van der Waals surface area contributed by atoms with Gasteiger partial charge in [0.15, 0.2) is 0 Å². The molecule has 0 N–H and O–H groups in total. The van der Waals surface area contributed by atoms with Crippen molar-refractivity contribution in [2.24, 2.45) is 5.92 Å². The number of nitrogens with zero attached hydrogens (tertiary/aromatic N) is 1. The Morgan fingerprint density at radius 2 is 1.71 bits per heavy atom. The minimum absolute atomic E-state index is 0.207. The molecular formula is C21H25ClFN. The van der Waals surface area contributed by atoms with Crippen molar-refractivity contribution in [1.29, 1.82) is 0 Å². The fourth-order valence-electron chi connectivity index (χ4n) is 3.77. The van der Waals surface area contributed by atoms with E-state index >= 15 is 0 Å². The Morgan fingerprint density at radius 3 is 2.33 bits per heavy atom. The SMILES string of the molecule is CC[C@H]1CC[C@H](c2ccc(CCc3ccc(Cl)nc3F)cc2)CC1. The summed E-state index contributed by atoms with van der Waals surface area (Å²) in [4.78, 5) is 3.67. The topological polar surface area (TPSA) is 12.9 Å². The molecule has 2 aromatic rings. The van der Waals surface area contributed by atoms with Crippen molar-refractivity contribution in [3.8, 4) is 0 Å². The van der Waals surface area contributed by atoms with Crippen LogP contribution in [-0.4, -0.2) is 4.98 Å². The highest BCUT2D eigenvalue weighted by molar-refractivity contribution is 6.29. The number of hydrogen-bond acceptors (Lipinski definition) is 1. The maximum Gasteiger partial charge on any atom is 0.217 e. The average molecular weight is 346 g/mol. The molecular weight excluding hydrogens is 321 g/mol. The third-order valence-electron chi connectivity index (χ3n) is 5.45. The summed E-state index contributed by atoms with van der Waals surface area (Å²) >= 11 is 5.69. The molecule has 1 aromatic carbocycles. The highest BCUT2D eigenvalue weighted by atomic mass is 35.5. The van der Waals surface area contributed by atoms with Gasteiger partial charge in [0.05, 0.1) is 0 Å². The van der Waals surface area contributed by atoms with Crippen molar-refractivity contribution in [1.82, 2.24) is 4.98 Å². The van der Waals surface area contributed by atoms with Gasteiger partial charge in [0.1, 0.15) is 5.15 Å². The zero-order valence-electron chi connectivity index (χ0n) is 14.3. The lowest BCUT2D eigenvalue weighted by molar-refractivity contribution is 0.319. The summed E-state index contributed by atoms with van der Waals surface area (Å²) < 4.78 is 13.7. The highest BCUT2D eigenvalue weighted by Crippen LogP contribution is 2.36. The van der Waals surface area contributed by atoms with E-state index in [-0.39, 0.29) is 5.15 Å². The fourth-order valence-corrected chi connectivity index (χ4v) is 3.90. The van der Waals surface area contributed by atoms with E-state index in [0.717, 1.165) is 18.3 Å². The largest absolute Gasteiger partial charge is 0.217 e. The number of benzene rings is 1. The van der Waals surface area contributed by atoms with Gasteiger partial charge in [0.2, 0.25) is 5.95 Å². The number of pyridine rings is 1. The van der Waals surface area contributed by atoms with Gasteiger partial charge < -0.3 is 0 Å². The lowest BCUT2D eigenvalue weighted by atomic mass is 9.78. The van der Waals surface area contributed by atoms with E-state index in [2.05, 4.69) is 36.2 Å². The lowest BCUT2D eigenvalue weighted by Crippen LogP contribution is -2.12. The maximum absolute atomic E-state index is 13.7. The first kappa shape index (κ1) is 17.4. The van der Waals surface area contributed by atoms with Gasteiger partial charge in [-0.1, -0.05) is 55.3 Å². The number of aromatic nitrogens is 1. The Morgan fingerprint density at radius 1 is 1.00 bits per heavy atom. The van der Waals surface area contributed by atoms with Crippen molar-refractivity contribution in [3.63, 3.8) is 0 Å². The predicted molar refractivity (Wildman–Crippen MR) is 98.0 cm³/mol. The smallest absolute Gasteiger partial charge is 0.208 e. The van der Waals surface area contributed by atoms with Crippen molar-refractivity contribution >= 4 is 11.6 Å². The van der Waals surface area contributed by atoms with Gasteiger partial charge in [-0.2, -0.15) is 4.39 Å². The van der Waals surface area contributed by atoms with Crippen LogP contribution in [0.2, 0.25) is 5.15 Å². The Balaban J connectivity index is 1.57. The lowest BCUT2D eigenvalue weighted by Gasteiger charge is -2.28. The van der Waals surface area contributed by atoms with Gasteiger partial charge in [-0.05, 0) is 67.6 Å². The Hall–Kier alpha value is -1.41. The average Bonchev–Trinajstić information content (AvgIpc) is 2.62. The van der Waals surface area contributed by atoms with Crippen LogP contribution in [0.25, 0.3) is 0 Å². The van der Waals surface area contributed by atoms with Crippen LogP contribution < -0.4 is 0 Å². The van der Waals surface area contributed by atoms with Crippen LogP contribution in [-0.2, 0) is 12.8 Å². The van der Waals surface area contributed by atoms with Crippen LogP contribution in [0.4, 0.5) is 4.39 Å². The van der Waals surface area contributed by atoms with E-state index in [9.17, 15) is 4.39 Å². The minimum atomic E-state index is -0.452. The molecule has 0 unspecified atom stereocenters. The molecule has 0 saturated heterocycles. The zero-order valence-corrected chi connectivity index (χ0v) is 15.0. The van der Waals surface area contributed by atoms with E-state index in [1.54, 1.807) is 12.1 Å². The first-order valence-corrected chi connectivity index (χ1v) is 9.43. The van der Waals surface area contributed by atoms with E-state index < -0.39 is 5.95 Å². The zero-order chi connectivity index (χ0) is 16.9. The molecule has 1 aliphatic carbocycles. The summed E-state index contributed by atoms with van der Waals surface area (Å²) in [6.07, 6.45) is 8.17. The van der Waals surface area contributed by atoms with Crippen molar-refractivity contribution in [3.05, 3.63) is 64.2 Å². The second-order valence-electron chi connectivity index (χ2n) is 6.95. The molecule has 3 rings (SSSR count). The predicted octanol–water partition coefficient (Wildman–Crippen LogP) is 6.34. The molecule has 1 nitrogen and oxygen atoms in total. The van der Waals surface area contributed by atoms with Gasteiger partial charge in [-0.25, -0.2) is 4.98 Å².